The first-order chi connectivity index (χ1) is 16.5. The smallest absolute Gasteiger partial charge is 0.229 e. The topological polar surface area (TPSA) is 62.3 Å². The molecule has 1 saturated heterocycles. The van der Waals surface area contributed by atoms with Crippen LogP contribution in [-0.2, 0) is 9.59 Å². The molecule has 1 aromatic heterocycles. The number of nitrogens with one attached hydrogen (secondary N) is 1. The van der Waals surface area contributed by atoms with E-state index in [1.807, 2.05) is 67.6 Å². The van der Waals surface area contributed by atoms with Gasteiger partial charge < -0.3 is 10.2 Å². The summed E-state index contributed by atoms with van der Waals surface area (Å²) >= 11 is 1.63. The van der Waals surface area contributed by atoms with Gasteiger partial charge in [-0.25, -0.2) is 4.98 Å². The SMILES string of the molecule is Cc1ccc(N2CC(C(=O)Nc3ccc(-c4csc(-c5ccccc5C)n4)cc3)CC2=O)cc1. The summed E-state index contributed by atoms with van der Waals surface area (Å²) in [5.74, 6) is -0.526. The highest BCUT2D eigenvalue weighted by molar-refractivity contribution is 7.13. The Bertz CT molecular complexity index is 1340. The van der Waals surface area contributed by atoms with E-state index in [2.05, 4.69) is 29.8 Å². The van der Waals surface area contributed by atoms with E-state index in [1.54, 1.807) is 16.2 Å². The molecule has 0 spiro atoms. The molecule has 0 saturated carbocycles. The van der Waals surface area contributed by atoms with E-state index in [1.165, 1.54) is 5.56 Å². The van der Waals surface area contributed by atoms with Crippen molar-refractivity contribution in [2.45, 2.75) is 20.3 Å². The molecule has 1 fully saturated rings. The summed E-state index contributed by atoms with van der Waals surface area (Å²) in [6.07, 6.45) is 0.221. The number of amides is 2. The van der Waals surface area contributed by atoms with Crippen LogP contribution in [0.2, 0.25) is 0 Å². The molecule has 6 heteroatoms. The number of aryl methyl sites for hydroxylation is 2. The molecule has 170 valence electrons. The van der Waals surface area contributed by atoms with Crippen LogP contribution in [0.3, 0.4) is 0 Å². The minimum Gasteiger partial charge on any atom is -0.326 e. The Labute approximate surface area is 203 Å². The second-order valence-electron chi connectivity index (χ2n) is 8.66. The van der Waals surface area contributed by atoms with Gasteiger partial charge in [-0.3, -0.25) is 9.59 Å². The van der Waals surface area contributed by atoms with Crippen molar-refractivity contribution in [1.29, 1.82) is 0 Å². The zero-order valence-electron chi connectivity index (χ0n) is 19.1. The number of benzene rings is 3. The molecule has 0 radical (unpaired) electrons. The minimum atomic E-state index is -0.372. The maximum atomic E-state index is 12.8. The summed E-state index contributed by atoms with van der Waals surface area (Å²) in [7, 11) is 0. The molecule has 2 heterocycles. The number of nitrogens with zero attached hydrogens (tertiary/aromatic N) is 2. The third-order valence-corrected chi connectivity index (χ3v) is 7.04. The summed E-state index contributed by atoms with van der Waals surface area (Å²) in [4.78, 5) is 31.8. The van der Waals surface area contributed by atoms with Crippen LogP contribution in [0.15, 0.2) is 78.2 Å². The Morgan fingerprint density at radius 3 is 2.47 bits per heavy atom. The third-order valence-electron chi connectivity index (χ3n) is 6.17. The zero-order valence-corrected chi connectivity index (χ0v) is 19.9. The Kier molecular flexibility index (Phi) is 5.99. The predicted molar refractivity (Wildman–Crippen MR) is 138 cm³/mol. The number of hydrogen-bond donors (Lipinski definition) is 1. The molecule has 1 aliphatic heterocycles. The van der Waals surface area contributed by atoms with Crippen molar-refractivity contribution in [2.75, 3.05) is 16.8 Å². The van der Waals surface area contributed by atoms with Gasteiger partial charge in [0.15, 0.2) is 0 Å². The van der Waals surface area contributed by atoms with Crippen LogP contribution in [0.5, 0.6) is 0 Å². The molecule has 4 aromatic rings. The highest BCUT2D eigenvalue weighted by Gasteiger charge is 2.35. The van der Waals surface area contributed by atoms with E-state index in [-0.39, 0.29) is 24.2 Å². The molecule has 0 aliphatic carbocycles. The van der Waals surface area contributed by atoms with Crippen LogP contribution in [0.25, 0.3) is 21.8 Å². The highest BCUT2D eigenvalue weighted by Crippen LogP contribution is 2.31. The second kappa shape index (κ2) is 9.23. The third kappa shape index (κ3) is 4.50. The summed E-state index contributed by atoms with van der Waals surface area (Å²) in [5, 5.41) is 6.02. The van der Waals surface area contributed by atoms with Gasteiger partial charge in [-0.05, 0) is 43.7 Å². The minimum absolute atomic E-state index is 0.0210. The quantitative estimate of drug-likeness (QED) is 0.387. The maximum absolute atomic E-state index is 12.8. The van der Waals surface area contributed by atoms with E-state index in [0.29, 0.717) is 12.2 Å². The van der Waals surface area contributed by atoms with Crippen LogP contribution in [0, 0.1) is 19.8 Å². The molecule has 1 unspecified atom stereocenters. The standard InChI is InChI=1S/C28H25N3O2S/c1-18-7-13-23(14-8-18)31-16-21(15-26(31)32)27(33)29-22-11-9-20(10-12-22)25-17-34-28(30-25)24-6-4-3-5-19(24)2/h3-14,17,21H,15-16H2,1-2H3,(H,29,33). The molecule has 1 N–H and O–H groups in total. The van der Waals surface area contributed by atoms with E-state index < -0.39 is 0 Å². The van der Waals surface area contributed by atoms with Crippen LogP contribution in [0.4, 0.5) is 11.4 Å². The Balaban J connectivity index is 1.24. The van der Waals surface area contributed by atoms with E-state index in [0.717, 1.165) is 33.1 Å². The number of carbonyl (C=O) groups excluding carboxylic acids is 2. The molecule has 3 aromatic carbocycles. The van der Waals surface area contributed by atoms with Crippen molar-refractivity contribution >= 4 is 34.5 Å². The number of rotatable bonds is 5. The average molecular weight is 468 g/mol. The van der Waals surface area contributed by atoms with Crippen molar-refractivity contribution in [3.8, 4) is 21.8 Å². The van der Waals surface area contributed by atoms with Gasteiger partial charge in [0.1, 0.15) is 5.01 Å². The fraction of sp³-hybridized carbons (Fsp3) is 0.179. The summed E-state index contributed by atoms with van der Waals surface area (Å²) < 4.78 is 0. The number of aromatic nitrogens is 1. The van der Waals surface area contributed by atoms with Crippen molar-refractivity contribution < 1.29 is 9.59 Å². The van der Waals surface area contributed by atoms with Gasteiger partial charge in [0.2, 0.25) is 11.8 Å². The van der Waals surface area contributed by atoms with E-state index in [4.69, 9.17) is 4.98 Å². The normalized spacial score (nSPS) is 15.5. The van der Waals surface area contributed by atoms with Crippen LogP contribution >= 0.6 is 11.3 Å². The lowest BCUT2D eigenvalue weighted by Gasteiger charge is -2.17. The molecule has 5 nitrogen and oxygen atoms in total. The molecule has 2 amide bonds. The molecule has 0 bridgehead atoms. The molecule has 1 atom stereocenters. The van der Waals surface area contributed by atoms with Gasteiger partial charge in [-0.15, -0.1) is 11.3 Å². The molecule has 1 aliphatic rings. The second-order valence-corrected chi connectivity index (χ2v) is 9.52. The lowest BCUT2D eigenvalue weighted by atomic mass is 10.1. The molecular formula is C28H25N3O2S. The number of carbonyl (C=O) groups is 2. The number of thiazole rings is 1. The largest absolute Gasteiger partial charge is 0.326 e. The van der Waals surface area contributed by atoms with Gasteiger partial charge in [0.05, 0.1) is 11.6 Å². The van der Waals surface area contributed by atoms with Crippen molar-refractivity contribution in [3.05, 3.63) is 89.3 Å². The Morgan fingerprint density at radius 2 is 1.74 bits per heavy atom. The van der Waals surface area contributed by atoms with E-state index in [9.17, 15) is 9.59 Å². The summed E-state index contributed by atoms with van der Waals surface area (Å²) in [6, 6.07) is 23.7. The summed E-state index contributed by atoms with van der Waals surface area (Å²) in [6.45, 7) is 4.49. The summed E-state index contributed by atoms with van der Waals surface area (Å²) in [5.41, 5.74) is 6.94. The first-order valence-corrected chi connectivity index (χ1v) is 12.2. The van der Waals surface area contributed by atoms with E-state index >= 15 is 0 Å². The van der Waals surface area contributed by atoms with Gasteiger partial charge in [0, 0.05) is 40.8 Å². The molecule has 5 rings (SSSR count). The van der Waals surface area contributed by atoms with Crippen molar-refractivity contribution in [2.24, 2.45) is 5.92 Å². The van der Waals surface area contributed by atoms with Crippen LogP contribution in [-0.4, -0.2) is 23.3 Å². The molecular weight excluding hydrogens is 442 g/mol. The Hall–Kier alpha value is -3.77. The predicted octanol–water partition coefficient (Wildman–Crippen LogP) is 6.09. The first-order valence-electron chi connectivity index (χ1n) is 11.3. The highest BCUT2D eigenvalue weighted by atomic mass is 32.1. The lowest BCUT2D eigenvalue weighted by Crippen LogP contribution is -2.28. The van der Waals surface area contributed by atoms with Crippen molar-refractivity contribution in [3.63, 3.8) is 0 Å². The van der Waals surface area contributed by atoms with Gasteiger partial charge in [-0.1, -0.05) is 54.1 Å². The fourth-order valence-corrected chi connectivity index (χ4v) is 5.09. The van der Waals surface area contributed by atoms with Crippen molar-refractivity contribution in [1.82, 2.24) is 4.98 Å². The number of anilines is 2. The zero-order chi connectivity index (χ0) is 23.7. The first kappa shape index (κ1) is 22.0. The van der Waals surface area contributed by atoms with Gasteiger partial charge in [0.25, 0.3) is 0 Å². The lowest BCUT2D eigenvalue weighted by molar-refractivity contribution is -0.122. The average Bonchev–Trinajstić information content (AvgIpc) is 3.48. The van der Waals surface area contributed by atoms with Gasteiger partial charge in [-0.2, -0.15) is 0 Å². The molecule has 34 heavy (non-hydrogen) atoms. The maximum Gasteiger partial charge on any atom is 0.229 e. The Morgan fingerprint density at radius 1 is 1.00 bits per heavy atom. The van der Waals surface area contributed by atoms with Crippen LogP contribution < -0.4 is 10.2 Å². The number of hydrogen-bond acceptors (Lipinski definition) is 4. The van der Waals surface area contributed by atoms with Crippen LogP contribution in [0.1, 0.15) is 17.5 Å². The monoisotopic (exact) mass is 467 g/mol. The fourth-order valence-electron chi connectivity index (χ4n) is 4.17. The van der Waals surface area contributed by atoms with Gasteiger partial charge >= 0.3 is 0 Å².